The molecule has 0 radical (unpaired) electrons. The zero-order valence-electron chi connectivity index (χ0n) is 9.48. The van der Waals surface area contributed by atoms with E-state index in [1.165, 1.54) is 12.8 Å². The number of aryl methyl sites for hydroxylation is 1. The Hall–Kier alpha value is -1.23. The Morgan fingerprint density at radius 1 is 1.44 bits per heavy atom. The maximum Gasteiger partial charge on any atom is 0.269 e. The van der Waals surface area contributed by atoms with Crippen LogP contribution in [0.2, 0.25) is 0 Å². The van der Waals surface area contributed by atoms with Crippen molar-refractivity contribution in [3.8, 4) is 0 Å². The number of anilines is 1. The molecule has 0 unspecified atom stereocenters. The van der Waals surface area contributed by atoms with Crippen LogP contribution in [-0.4, -0.2) is 15.5 Å². The number of hydrogen-bond acceptors (Lipinski definition) is 3. The number of unbranched alkanes of at least 4 members (excludes halogenated alkanes) is 3. The molecule has 92 valence electrons. The van der Waals surface area contributed by atoms with Crippen molar-refractivity contribution in [3.05, 3.63) is 12.0 Å². The predicted molar refractivity (Wildman–Crippen MR) is 66.5 cm³/mol. The van der Waals surface area contributed by atoms with Gasteiger partial charge in [0, 0.05) is 6.54 Å². The van der Waals surface area contributed by atoms with Gasteiger partial charge in [0.25, 0.3) is 5.91 Å². The Kier molecular flexibility index (Phi) is 6.56. The second-order valence-corrected chi connectivity index (χ2v) is 3.60. The standard InChI is InChI=1S/C10H18N4O.ClH/c1-2-3-4-5-6-14-7-13-9(11)8(14)10(12)15;/h7H,2-6,11H2,1H3,(H2,12,15);1H. The van der Waals surface area contributed by atoms with Crippen molar-refractivity contribution < 1.29 is 4.79 Å². The molecule has 4 N–H and O–H groups in total. The monoisotopic (exact) mass is 246 g/mol. The largest absolute Gasteiger partial charge is 0.382 e. The number of carbonyl (C=O) groups is 1. The second kappa shape index (κ2) is 7.11. The highest BCUT2D eigenvalue weighted by Gasteiger charge is 2.12. The Bertz CT molecular complexity index is 338. The minimum Gasteiger partial charge on any atom is -0.382 e. The van der Waals surface area contributed by atoms with E-state index in [1.807, 2.05) is 0 Å². The molecule has 1 aromatic rings. The van der Waals surface area contributed by atoms with E-state index in [-0.39, 0.29) is 18.2 Å². The number of amides is 1. The first kappa shape index (κ1) is 14.8. The number of aromatic nitrogens is 2. The minimum absolute atomic E-state index is 0. The molecule has 6 heteroatoms. The van der Waals surface area contributed by atoms with Gasteiger partial charge < -0.3 is 16.0 Å². The van der Waals surface area contributed by atoms with E-state index < -0.39 is 5.91 Å². The lowest BCUT2D eigenvalue weighted by Crippen LogP contribution is -2.18. The number of hydrogen-bond donors (Lipinski definition) is 2. The normalized spacial score (nSPS) is 9.81. The van der Waals surface area contributed by atoms with Gasteiger partial charge in [-0.3, -0.25) is 4.79 Å². The molecule has 1 heterocycles. The molecular weight excluding hydrogens is 228 g/mol. The molecule has 1 rings (SSSR count). The summed E-state index contributed by atoms with van der Waals surface area (Å²) in [6, 6.07) is 0. The number of carbonyl (C=O) groups excluding carboxylic acids is 1. The van der Waals surface area contributed by atoms with Crippen LogP contribution >= 0.6 is 12.4 Å². The zero-order chi connectivity index (χ0) is 11.3. The van der Waals surface area contributed by atoms with Crippen molar-refractivity contribution in [2.45, 2.75) is 39.2 Å². The number of halogens is 1. The van der Waals surface area contributed by atoms with Crippen LogP contribution in [0.25, 0.3) is 0 Å². The van der Waals surface area contributed by atoms with Crippen LogP contribution in [0.1, 0.15) is 43.1 Å². The molecule has 0 aliphatic carbocycles. The van der Waals surface area contributed by atoms with E-state index in [4.69, 9.17) is 11.5 Å². The molecule has 0 fully saturated rings. The fourth-order valence-electron chi connectivity index (χ4n) is 1.54. The lowest BCUT2D eigenvalue weighted by atomic mass is 10.2. The third kappa shape index (κ3) is 3.73. The number of primary amides is 1. The van der Waals surface area contributed by atoms with E-state index >= 15 is 0 Å². The summed E-state index contributed by atoms with van der Waals surface area (Å²) in [5.41, 5.74) is 11.1. The Balaban J connectivity index is 0.00000225. The third-order valence-electron chi connectivity index (χ3n) is 2.35. The van der Waals surface area contributed by atoms with E-state index in [9.17, 15) is 4.79 Å². The lowest BCUT2D eigenvalue weighted by molar-refractivity contribution is 0.0992. The molecule has 16 heavy (non-hydrogen) atoms. The molecule has 5 nitrogen and oxygen atoms in total. The van der Waals surface area contributed by atoms with Crippen molar-refractivity contribution >= 4 is 24.1 Å². The highest BCUT2D eigenvalue weighted by Crippen LogP contribution is 2.10. The summed E-state index contributed by atoms with van der Waals surface area (Å²) < 4.78 is 1.73. The van der Waals surface area contributed by atoms with E-state index in [0.717, 1.165) is 19.4 Å². The average Bonchev–Trinajstić information content (AvgIpc) is 2.54. The van der Waals surface area contributed by atoms with Crippen molar-refractivity contribution in [2.75, 3.05) is 5.73 Å². The molecule has 0 aromatic carbocycles. The van der Waals surface area contributed by atoms with Gasteiger partial charge in [-0.05, 0) is 6.42 Å². The molecule has 0 saturated carbocycles. The van der Waals surface area contributed by atoms with Gasteiger partial charge in [-0.2, -0.15) is 0 Å². The summed E-state index contributed by atoms with van der Waals surface area (Å²) in [7, 11) is 0. The Morgan fingerprint density at radius 2 is 2.12 bits per heavy atom. The molecule has 0 atom stereocenters. The van der Waals surface area contributed by atoms with Crippen LogP contribution < -0.4 is 11.5 Å². The Morgan fingerprint density at radius 3 is 2.69 bits per heavy atom. The van der Waals surface area contributed by atoms with Crippen molar-refractivity contribution in [1.82, 2.24) is 9.55 Å². The minimum atomic E-state index is -0.513. The van der Waals surface area contributed by atoms with E-state index in [2.05, 4.69) is 11.9 Å². The number of rotatable bonds is 6. The molecular formula is C10H19ClN4O. The summed E-state index contributed by atoms with van der Waals surface area (Å²) in [6.45, 7) is 2.91. The van der Waals surface area contributed by atoms with Gasteiger partial charge >= 0.3 is 0 Å². The van der Waals surface area contributed by atoms with Crippen molar-refractivity contribution in [1.29, 1.82) is 0 Å². The van der Waals surface area contributed by atoms with Crippen molar-refractivity contribution in [2.24, 2.45) is 5.73 Å². The molecule has 1 aromatic heterocycles. The molecule has 1 amide bonds. The van der Waals surface area contributed by atoms with Crippen LogP contribution in [0.4, 0.5) is 5.82 Å². The maximum atomic E-state index is 11.1. The summed E-state index contributed by atoms with van der Waals surface area (Å²) in [4.78, 5) is 15.0. The SMILES string of the molecule is CCCCCCn1cnc(N)c1C(N)=O.Cl. The fraction of sp³-hybridized carbons (Fsp3) is 0.600. The summed E-state index contributed by atoms with van der Waals surface area (Å²) in [5, 5.41) is 0. The van der Waals surface area contributed by atoms with Gasteiger partial charge in [-0.25, -0.2) is 4.98 Å². The van der Waals surface area contributed by atoms with Gasteiger partial charge in [-0.1, -0.05) is 26.2 Å². The second-order valence-electron chi connectivity index (χ2n) is 3.60. The van der Waals surface area contributed by atoms with Crippen LogP contribution in [0.3, 0.4) is 0 Å². The third-order valence-corrected chi connectivity index (χ3v) is 2.35. The van der Waals surface area contributed by atoms with Gasteiger partial charge in [0.1, 0.15) is 0 Å². The predicted octanol–water partition coefficient (Wildman–Crippen LogP) is 1.57. The first-order valence-corrected chi connectivity index (χ1v) is 5.27. The van der Waals surface area contributed by atoms with Gasteiger partial charge in [-0.15, -0.1) is 12.4 Å². The smallest absolute Gasteiger partial charge is 0.269 e. The molecule has 0 aliphatic rings. The number of nitrogen functional groups attached to an aromatic ring is 1. The molecule has 0 bridgehead atoms. The van der Waals surface area contributed by atoms with Gasteiger partial charge in [0.2, 0.25) is 0 Å². The number of imidazole rings is 1. The van der Waals surface area contributed by atoms with Crippen LogP contribution in [0.5, 0.6) is 0 Å². The van der Waals surface area contributed by atoms with Crippen LogP contribution in [0, 0.1) is 0 Å². The zero-order valence-corrected chi connectivity index (χ0v) is 10.3. The first-order chi connectivity index (χ1) is 7.16. The number of nitrogens with zero attached hydrogens (tertiary/aromatic N) is 2. The Labute approximate surface area is 102 Å². The first-order valence-electron chi connectivity index (χ1n) is 5.27. The summed E-state index contributed by atoms with van der Waals surface area (Å²) >= 11 is 0. The summed E-state index contributed by atoms with van der Waals surface area (Å²) in [5.74, 6) is -0.293. The highest BCUT2D eigenvalue weighted by molar-refractivity contribution is 5.95. The topological polar surface area (TPSA) is 86.9 Å². The van der Waals surface area contributed by atoms with Crippen LogP contribution in [-0.2, 0) is 6.54 Å². The highest BCUT2D eigenvalue weighted by atomic mass is 35.5. The van der Waals surface area contributed by atoms with Gasteiger partial charge in [0.15, 0.2) is 11.5 Å². The quantitative estimate of drug-likeness (QED) is 0.747. The average molecular weight is 247 g/mol. The van der Waals surface area contributed by atoms with Crippen molar-refractivity contribution in [3.63, 3.8) is 0 Å². The fourth-order valence-corrected chi connectivity index (χ4v) is 1.54. The van der Waals surface area contributed by atoms with Crippen LogP contribution in [0.15, 0.2) is 6.33 Å². The molecule has 0 saturated heterocycles. The molecule has 0 spiro atoms. The van der Waals surface area contributed by atoms with E-state index in [1.54, 1.807) is 10.9 Å². The van der Waals surface area contributed by atoms with E-state index in [0.29, 0.717) is 5.69 Å². The maximum absolute atomic E-state index is 11.1. The van der Waals surface area contributed by atoms with Gasteiger partial charge in [0.05, 0.1) is 6.33 Å². The summed E-state index contributed by atoms with van der Waals surface area (Å²) in [6.07, 6.45) is 6.13. The lowest BCUT2D eigenvalue weighted by Gasteiger charge is -2.05. The molecule has 0 aliphatic heterocycles. The number of nitrogens with two attached hydrogens (primary N) is 2.